The summed E-state index contributed by atoms with van der Waals surface area (Å²) in [6.07, 6.45) is 2.14. The molecule has 0 aliphatic heterocycles. The lowest BCUT2D eigenvalue weighted by Crippen LogP contribution is -1.98. The average molecular weight is 507 g/mol. The fourth-order valence-electron chi connectivity index (χ4n) is 3.99. The van der Waals surface area contributed by atoms with Gasteiger partial charge in [0.05, 0.1) is 27.5 Å². The maximum absolute atomic E-state index is 6.16. The molecule has 0 aliphatic carbocycles. The van der Waals surface area contributed by atoms with Crippen LogP contribution in [0.1, 0.15) is 21.1 Å². The van der Waals surface area contributed by atoms with Gasteiger partial charge in [0.25, 0.3) is 0 Å². The third kappa shape index (κ3) is 4.61. The molecule has 176 valence electrons. The molecular weight excluding hydrogens is 484 g/mol. The fraction of sp³-hybridized carbons (Fsp3) is 0.0667. The maximum Gasteiger partial charge on any atom is 0.162 e. The van der Waals surface area contributed by atoms with Gasteiger partial charge in [-0.3, -0.25) is 0 Å². The highest BCUT2D eigenvalue weighted by Gasteiger charge is 2.16. The zero-order valence-corrected chi connectivity index (χ0v) is 21.2. The summed E-state index contributed by atoms with van der Waals surface area (Å²) in [6.45, 7) is 0.465. The van der Waals surface area contributed by atoms with Crippen LogP contribution in [0.25, 0.3) is 32.1 Å². The molecule has 0 bridgehead atoms. The first kappa shape index (κ1) is 22.5. The maximum atomic E-state index is 6.16. The van der Waals surface area contributed by atoms with E-state index in [0.29, 0.717) is 18.1 Å². The standard InChI is InChI=1S/C30H22N2O2S2/c1-33-25-16-15-21(18-26(25)34-19-20-9-3-2-4-10-20)17-22(29-31-23-11-5-7-13-27(23)35-29)30-32-24-12-6-8-14-28(24)36-30/h2-18H,19H2,1H3. The third-order valence-corrected chi connectivity index (χ3v) is 7.92. The van der Waals surface area contributed by atoms with Crippen LogP contribution in [0.2, 0.25) is 0 Å². The van der Waals surface area contributed by atoms with E-state index in [2.05, 4.69) is 30.3 Å². The molecule has 2 heterocycles. The minimum absolute atomic E-state index is 0.465. The zero-order valence-electron chi connectivity index (χ0n) is 19.5. The Kier molecular flexibility index (Phi) is 6.20. The summed E-state index contributed by atoms with van der Waals surface area (Å²) < 4.78 is 14.0. The first-order valence-electron chi connectivity index (χ1n) is 11.6. The first-order valence-corrected chi connectivity index (χ1v) is 13.2. The molecule has 0 amide bonds. The topological polar surface area (TPSA) is 44.2 Å². The van der Waals surface area contributed by atoms with Crippen LogP contribution in [-0.2, 0) is 6.61 Å². The van der Waals surface area contributed by atoms with Crippen molar-refractivity contribution in [2.24, 2.45) is 0 Å². The summed E-state index contributed by atoms with van der Waals surface area (Å²) >= 11 is 3.36. The van der Waals surface area contributed by atoms with Gasteiger partial charge in [-0.05, 0) is 53.6 Å². The number of hydrogen-bond acceptors (Lipinski definition) is 6. The predicted molar refractivity (Wildman–Crippen MR) is 150 cm³/mol. The zero-order chi connectivity index (χ0) is 24.3. The summed E-state index contributed by atoms with van der Waals surface area (Å²) in [5.74, 6) is 1.40. The van der Waals surface area contributed by atoms with Gasteiger partial charge >= 0.3 is 0 Å². The van der Waals surface area contributed by atoms with E-state index in [1.165, 1.54) is 0 Å². The summed E-state index contributed by atoms with van der Waals surface area (Å²) in [4.78, 5) is 9.90. The molecule has 2 aromatic heterocycles. The second kappa shape index (κ2) is 9.93. The Labute approximate surface area is 217 Å². The van der Waals surface area contributed by atoms with Gasteiger partial charge in [0.2, 0.25) is 0 Å². The van der Waals surface area contributed by atoms with Crippen molar-refractivity contribution < 1.29 is 9.47 Å². The lowest BCUT2D eigenvalue weighted by Gasteiger charge is -2.12. The van der Waals surface area contributed by atoms with Crippen molar-refractivity contribution in [2.45, 2.75) is 6.61 Å². The molecule has 0 fully saturated rings. The summed E-state index contributed by atoms with van der Waals surface area (Å²) in [6, 6.07) is 32.6. The lowest BCUT2D eigenvalue weighted by molar-refractivity contribution is 0.284. The van der Waals surface area contributed by atoms with E-state index in [1.54, 1.807) is 29.8 Å². The van der Waals surface area contributed by atoms with Gasteiger partial charge in [-0.25, -0.2) is 9.97 Å². The molecule has 6 rings (SSSR count). The molecule has 0 radical (unpaired) electrons. The van der Waals surface area contributed by atoms with E-state index in [-0.39, 0.29) is 0 Å². The molecule has 0 atom stereocenters. The molecule has 36 heavy (non-hydrogen) atoms. The number of benzene rings is 4. The van der Waals surface area contributed by atoms with Crippen LogP contribution in [0.4, 0.5) is 0 Å². The molecule has 0 spiro atoms. The quantitative estimate of drug-likeness (QED) is 0.219. The van der Waals surface area contributed by atoms with Crippen molar-refractivity contribution in [3.63, 3.8) is 0 Å². The van der Waals surface area contributed by atoms with E-state index >= 15 is 0 Å². The monoisotopic (exact) mass is 506 g/mol. The van der Waals surface area contributed by atoms with E-state index < -0.39 is 0 Å². The predicted octanol–water partition coefficient (Wildman–Crippen LogP) is 8.08. The molecule has 6 heteroatoms. The van der Waals surface area contributed by atoms with Gasteiger partial charge in [-0.2, -0.15) is 0 Å². The van der Waals surface area contributed by atoms with Gasteiger partial charge in [-0.1, -0.05) is 60.7 Å². The Morgan fingerprint density at radius 2 is 1.33 bits per heavy atom. The van der Waals surface area contributed by atoms with Crippen molar-refractivity contribution in [1.82, 2.24) is 9.97 Å². The molecule has 0 saturated carbocycles. The van der Waals surface area contributed by atoms with Gasteiger partial charge in [0.15, 0.2) is 11.5 Å². The minimum atomic E-state index is 0.465. The Morgan fingerprint density at radius 3 is 1.94 bits per heavy atom. The van der Waals surface area contributed by atoms with Crippen molar-refractivity contribution >= 4 is 54.8 Å². The number of aromatic nitrogens is 2. The van der Waals surface area contributed by atoms with Gasteiger partial charge in [0.1, 0.15) is 16.6 Å². The SMILES string of the molecule is COc1ccc(C=C(c2nc3ccccc3s2)c2nc3ccccc3s2)cc1OCc1ccccc1. The van der Waals surface area contributed by atoms with Crippen LogP contribution in [0, 0.1) is 0 Å². The molecule has 0 N–H and O–H groups in total. The van der Waals surface area contributed by atoms with Crippen LogP contribution in [0.5, 0.6) is 11.5 Å². The van der Waals surface area contributed by atoms with Crippen molar-refractivity contribution in [2.75, 3.05) is 7.11 Å². The van der Waals surface area contributed by atoms with Crippen LogP contribution < -0.4 is 9.47 Å². The lowest BCUT2D eigenvalue weighted by atomic mass is 10.1. The van der Waals surface area contributed by atoms with Crippen LogP contribution in [-0.4, -0.2) is 17.1 Å². The van der Waals surface area contributed by atoms with Crippen LogP contribution in [0.15, 0.2) is 97.1 Å². The van der Waals surface area contributed by atoms with E-state index in [9.17, 15) is 0 Å². The number of methoxy groups -OCH3 is 1. The number of hydrogen-bond donors (Lipinski definition) is 0. The van der Waals surface area contributed by atoms with E-state index in [1.807, 2.05) is 72.8 Å². The number of rotatable bonds is 7. The molecule has 6 aromatic rings. The molecule has 4 aromatic carbocycles. The Morgan fingerprint density at radius 1 is 0.722 bits per heavy atom. The van der Waals surface area contributed by atoms with Crippen LogP contribution in [0.3, 0.4) is 0 Å². The number of para-hydroxylation sites is 2. The summed E-state index contributed by atoms with van der Waals surface area (Å²) in [7, 11) is 1.66. The smallest absolute Gasteiger partial charge is 0.162 e. The fourth-order valence-corrected chi connectivity index (χ4v) is 6.02. The molecule has 4 nitrogen and oxygen atoms in total. The van der Waals surface area contributed by atoms with Gasteiger partial charge in [-0.15, -0.1) is 22.7 Å². The minimum Gasteiger partial charge on any atom is -0.493 e. The molecular formula is C30H22N2O2S2. The highest BCUT2D eigenvalue weighted by Crippen LogP contribution is 2.37. The van der Waals surface area contributed by atoms with Crippen molar-refractivity contribution in [3.8, 4) is 11.5 Å². The Balaban J connectivity index is 1.44. The first-order chi connectivity index (χ1) is 17.8. The highest BCUT2D eigenvalue weighted by molar-refractivity contribution is 7.22. The molecule has 0 aliphatic rings. The average Bonchev–Trinajstić information content (AvgIpc) is 3.55. The second-order valence-electron chi connectivity index (χ2n) is 8.22. The van der Waals surface area contributed by atoms with Crippen molar-refractivity contribution in [1.29, 1.82) is 0 Å². The number of fused-ring (bicyclic) bond motifs is 2. The largest absolute Gasteiger partial charge is 0.493 e. The third-order valence-electron chi connectivity index (χ3n) is 5.78. The summed E-state index contributed by atoms with van der Waals surface area (Å²) in [5.41, 5.74) is 5.08. The van der Waals surface area contributed by atoms with Gasteiger partial charge < -0.3 is 9.47 Å². The summed E-state index contributed by atoms with van der Waals surface area (Å²) in [5, 5.41) is 1.88. The normalized spacial score (nSPS) is 11.0. The highest BCUT2D eigenvalue weighted by atomic mass is 32.1. The van der Waals surface area contributed by atoms with Gasteiger partial charge in [0, 0.05) is 5.57 Å². The molecule has 0 saturated heterocycles. The van der Waals surface area contributed by atoms with E-state index in [4.69, 9.17) is 19.4 Å². The number of thiazole rings is 2. The van der Waals surface area contributed by atoms with Crippen LogP contribution >= 0.6 is 22.7 Å². The Hall–Kier alpha value is -4.00. The molecule has 0 unspecified atom stereocenters. The number of ether oxygens (including phenoxy) is 2. The Bertz CT molecular complexity index is 1540. The number of nitrogens with zero attached hydrogens (tertiary/aromatic N) is 2. The second-order valence-corrected chi connectivity index (χ2v) is 10.3. The van der Waals surface area contributed by atoms with Crippen molar-refractivity contribution in [3.05, 3.63) is 118 Å². The van der Waals surface area contributed by atoms with E-state index in [0.717, 1.165) is 47.1 Å².